The third kappa shape index (κ3) is 2.15. The molecule has 0 saturated carbocycles. The molecule has 3 aromatic rings. The molecule has 0 aliphatic rings. The first kappa shape index (κ1) is 14.2. The molecule has 1 aromatic carbocycles. The fraction of sp³-hybridized carbons (Fsp3) is 0.267. The highest BCUT2D eigenvalue weighted by Gasteiger charge is 2.19. The molecule has 0 fully saturated rings. The van der Waals surface area contributed by atoms with Crippen LogP contribution < -0.4 is 5.69 Å². The Bertz CT molecular complexity index is 888. The summed E-state index contributed by atoms with van der Waals surface area (Å²) < 4.78 is 9.15. The zero-order valence-corrected chi connectivity index (χ0v) is 13.5. The van der Waals surface area contributed by atoms with E-state index in [9.17, 15) is 9.90 Å². The van der Waals surface area contributed by atoms with E-state index >= 15 is 0 Å². The molecule has 3 rings (SSSR count). The quantitative estimate of drug-likeness (QED) is 0.772. The van der Waals surface area contributed by atoms with E-state index in [1.165, 1.54) is 0 Å². The number of rotatable bonds is 2. The minimum Gasteiger partial charge on any atom is -0.469 e. The molecule has 0 spiro atoms. The molecule has 0 radical (unpaired) electrons. The Morgan fingerprint density at radius 2 is 1.81 bits per heavy atom. The number of fused-ring (bicyclic) bond motifs is 1. The van der Waals surface area contributed by atoms with Crippen LogP contribution in [0.15, 0.2) is 38.1 Å². The number of aliphatic hydroxyl groups excluding tert-OH is 1. The summed E-state index contributed by atoms with van der Waals surface area (Å²) in [4.78, 5) is 12.0. The van der Waals surface area contributed by atoms with Gasteiger partial charge < -0.3 is 9.52 Å². The summed E-state index contributed by atoms with van der Waals surface area (Å²) in [7, 11) is 3.45. The standard InChI is InChI=1S/C15H15BrN2O3/c1-8-4-9(7-21-8)14(19)10-5-12-13(6-11(10)16)18(3)15(20)17(12)2/h4-7,14,19H,1-3H3. The van der Waals surface area contributed by atoms with Crippen molar-refractivity contribution in [1.82, 2.24) is 9.13 Å². The number of imidazole rings is 1. The van der Waals surface area contributed by atoms with Gasteiger partial charge in [-0.05, 0) is 25.1 Å². The van der Waals surface area contributed by atoms with Crippen LogP contribution in [0.3, 0.4) is 0 Å². The number of benzene rings is 1. The first-order valence-corrected chi connectivity index (χ1v) is 7.27. The van der Waals surface area contributed by atoms with Crippen molar-refractivity contribution >= 4 is 27.0 Å². The lowest BCUT2D eigenvalue weighted by Crippen LogP contribution is -2.19. The Hall–Kier alpha value is -1.79. The van der Waals surface area contributed by atoms with Gasteiger partial charge >= 0.3 is 5.69 Å². The van der Waals surface area contributed by atoms with Gasteiger partial charge in [0.2, 0.25) is 0 Å². The van der Waals surface area contributed by atoms with Crippen molar-refractivity contribution in [2.75, 3.05) is 0 Å². The molecule has 6 heteroatoms. The number of hydrogen-bond acceptors (Lipinski definition) is 3. The highest BCUT2D eigenvalue weighted by Crippen LogP contribution is 2.32. The second-order valence-electron chi connectivity index (χ2n) is 5.16. The lowest BCUT2D eigenvalue weighted by atomic mass is 10.0. The van der Waals surface area contributed by atoms with Crippen LogP contribution in [0.5, 0.6) is 0 Å². The molecule has 1 unspecified atom stereocenters. The molecule has 2 heterocycles. The van der Waals surface area contributed by atoms with Crippen LogP contribution >= 0.6 is 15.9 Å². The Kier molecular flexibility index (Phi) is 3.30. The summed E-state index contributed by atoms with van der Waals surface area (Å²) in [6.07, 6.45) is 0.734. The van der Waals surface area contributed by atoms with Gasteiger partial charge in [-0.3, -0.25) is 9.13 Å². The first-order valence-electron chi connectivity index (χ1n) is 6.48. The van der Waals surface area contributed by atoms with E-state index in [2.05, 4.69) is 15.9 Å². The largest absolute Gasteiger partial charge is 0.469 e. The second-order valence-corrected chi connectivity index (χ2v) is 6.01. The number of nitrogens with zero attached hydrogens (tertiary/aromatic N) is 2. The molecule has 0 aliphatic heterocycles. The minimum atomic E-state index is -0.809. The molecule has 0 aliphatic carbocycles. The van der Waals surface area contributed by atoms with Crippen LogP contribution in [-0.2, 0) is 14.1 Å². The van der Waals surface area contributed by atoms with Crippen LogP contribution in [0, 0.1) is 6.92 Å². The molecule has 0 bridgehead atoms. The lowest BCUT2D eigenvalue weighted by molar-refractivity contribution is 0.218. The Balaban J connectivity index is 2.21. The van der Waals surface area contributed by atoms with Crippen molar-refractivity contribution in [1.29, 1.82) is 0 Å². The van der Waals surface area contributed by atoms with Gasteiger partial charge in [0.05, 0.1) is 17.3 Å². The summed E-state index contributed by atoms with van der Waals surface area (Å²) in [5, 5.41) is 10.5. The number of hydrogen-bond donors (Lipinski definition) is 1. The summed E-state index contributed by atoms with van der Waals surface area (Å²) in [6, 6.07) is 5.47. The van der Waals surface area contributed by atoms with Gasteiger partial charge in [-0.1, -0.05) is 15.9 Å². The molecule has 0 saturated heterocycles. The number of furan rings is 1. The number of halogens is 1. The predicted octanol–water partition coefficient (Wildman–Crippen LogP) is 2.62. The maximum atomic E-state index is 12.0. The van der Waals surface area contributed by atoms with Gasteiger partial charge in [0.25, 0.3) is 0 Å². The van der Waals surface area contributed by atoms with Gasteiger partial charge in [-0.25, -0.2) is 4.79 Å². The Labute approximate surface area is 129 Å². The van der Waals surface area contributed by atoms with E-state index in [0.29, 0.717) is 11.1 Å². The van der Waals surface area contributed by atoms with Gasteiger partial charge in [-0.15, -0.1) is 0 Å². The highest BCUT2D eigenvalue weighted by atomic mass is 79.9. The third-order valence-corrected chi connectivity index (χ3v) is 4.44. The normalized spacial score (nSPS) is 13.0. The molecular formula is C15H15BrN2O3. The zero-order valence-electron chi connectivity index (χ0n) is 11.9. The first-order chi connectivity index (χ1) is 9.90. The van der Waals surface area contributed by atoms with E-state index < -0.39 is 6.10 Å². The van der Waals surface area contributed by atoms with Crippen LogP contribution in [0.4, 0.5) is 0 Å². The van der Waals surface area contributed by atoms with Gasteiger partial charge in [0, 0.05) is 29.7 Å². The molecule has 21 heavy (non-hydrogen) atoms. The van der Waals surface area contributed by atoms with Crippen LogP contribution in [0.1, 0.15) is 23.0 Å². The van der Waals surface area contributed by atoms with Crippen LogP contribution in [0.2, 0.25) is 0 Å². The highest BCUT2D eigenvalue weighted by molar-refractivity contribution is 9.10. The molecule has 0 amide bonds. The van der Waals surface area contributed by atoms with Crippen molar-refractivity contribution in [3.8, 4) is 0 Å². The minimum absolute atomic E-state index is 0.0947. The van der Waals surface area contributed by atoms with Crippen molar-refractivity contribution in [3.63, 3.8) is 0 Å². The molecule has 1 N–H and O–H groups in total. The summed E-state index contributed by atoms with van der Waals surface area (Å²) in [5.41, 5.74) is 2.88. The molecule has 2 aromatic heterocycles. The van der Waals surface area contributed by atoms with E-state index in [4.69, 9.17) is 4.42 Å². The van der Waals surface area contributed by atoms with Crippen LogP contribution in [0.25, 0.3) is 11.0 Å². The fourth-order valence-corrected chi connectivity index (χ4v) is 3.08. The molecule has 5 nitrogen and oxygen atoms in total. The van der Waals surface area contributed by atoms with Crippen molar-refractivity contribution in [3.05, 3.63) is 56.3 Å². The maximum absolute atomic E-state index is 12.0. The van der Waals surface area contributed by atoms with Crippen LogP contribution in [-0.4, -0.2) is 14.2 Å². The number of aryl methyl sites for hydroxylation is 3. The van der Waals surface area contributed by atoms with Gasteiger partial charge in [0.1, 0.15) is 11.9 Å². The summed E-state index contributed by atoms with van der Waals surface area (Å²) in [6.45, 7) is 1.83. The van der Waals surface area contributed by atoms with E-state index in [1.54, 1.807) is 35.6 Å². The van der Waals surface area contributed by atoms with E-state index in [0.717, 1.165) is 21.3 Å². The molecule has 110 valence electrons. The maximum Gasteiger partial charge on any atom is 0.328 e. The third-order valence-electron chi connectivity index (χ3n) is 3.75. The van der Waals surface area contributed by atoms with E-state index in [1.807, 2.05) is 19.1 Å². The van der Waals surface area contributed by atoms with Gasteiger partial charge in [-0.2, -0.15) is 0 Å². The van der Waals surface area contributed by atoms with Crippen molar-refractivity contribution in [2.24, 2.45) is 14.1 Å². The fourth-order valence-electron chi connectivity index (χ4n) is 2.53. The lowest BCUT2D eigenvalue weighted by Gasteiger charge is -2.12. The SMILES string of the molecule is Cc1cc(C(O)c2cc3c(cc2Br)n(C)c(=O)n3C)co1. The summed E-state index contributed by atoms with van der Waals surface area (Å²) >= 11 is 3.47. The summed E-state index contributed by atoms with van der Waals surface area (Å²) in [5.74, 6) is 0.744. The van der Waals surface area contributed by atoms with E-state index in [-0.39, 0.29) is 5.69 Å². The Morgan fingerprint density at radius 3 is 2.38 bits per heavy atom. The van der Waals surface area contributed by atoms with Crippen molar-refractivity contribution < 1.29 is 9.52 Å². The number of aromatic nitrogens is 2. The average Bonchev–Trinajstić information content (AvgIpc) is 2.97. The topological polar surface area (TPSA) is 60.3 Å². The smallest absolute Gasteiger partial charge is 0.328 e. The van der Waals surface area contributed by atoms with Gasteiger partial charge in [0.15, 0.2) is 0 Å². The average molecular weight is 351 g/mol. The zero-order chi connectivity index (χ0) is 15.3. The monoisotopic (exact) mass is 350 g/mol. The molecule has 1 atom stereocenters. The predicted molar refractivity (Wildman–Crippen MR) is 83.4 cm³/mol. The van der Waals surface area contributed by atoms with Crippen molar-refractivity contribution in [2.45, 2.75) is 13.0 Å². The Morgan fingerprint density at radius 1 is 1.19 bits per heavy atom. The number of aliphatic hydroxyl groups is 1. The molecular weight excluding hydrogens is 336 g/mol. The second kappa shape index (κ2) is 4.89.